The van der Waals surface area contributed by atoms with Crippen LogP contribution in [0.1, 0.15) is 20.7 Å². The Kier molecular flexibility index (Phi) is 4.48. The molecule has 0 atom stereocenters. The van der Waals surface area contributed by atoms with E-state index < -0.39 is 5.82 Å². The van der Waals surface area contributed by atoms with E-state index in [9.17, 15) is 14.0 Å². The summed E-state index contributed by atoms with van der Waals surface area (Å²) in [5.41, 5.74) is 0.478. The Labute approximate surface area is 119 Å². The minimum atomic E-state index is -0.602. The van der Waals surface area contributed by atoms with Gasteiger partial charge in [-0.2, -0.15) is 0 Å². The highest BCUT2D eigenvalue weighted by atomic mass is 35.5. The van der Waals surface area contributed by atoms with E-state index in [0.717, 1.165) is 12.1 Å². The molecule has 3 nitrogen and oxygen atoms in total. The largest absolute Gasteiger partial charge is 0.485 e. The Balaban J connectivity index is 2.09. The molecule has 2 rings (SSSR count). The smallest absolute Gasteiger partial charge is 0.201 e. The molecule has 0 heterocycles. The molecule has 20 heavy (non-hydrogen) atoms. The van der Waals surface area contributed by atoms with E-state index in [1.54, 1.807) is 24.3 Å². The standard InChI is InChI=1S/C15H10ClFO3/c16-14-4-2-1-3-13(14)15(19)9-20-12-6-10(8-18)5-11(17)7-12/h1-8H,9H2. The summed E-state index contributed by atoms with van der Waals surface area (Å²) < 4.78 is 18.4. The number of ether oxygens (including phenoxy) is 1. The summed E-state index contributed by atoms with van der Waals surface area (Å²) in [6.07, 6.45) is 0.506. The van der Waals surface area contributed by atoms with Gasteiger partial charge in [-0.15, -0.1) is 0 Å². The molecule has 0 saturated carbocycles. The molecule has 0 fully saturated rings. The molecule has 0 bridgehead atoms. The molecule has 0 aliphatic carbocycles. The fourth-order valence-electron chi connectivity index (χ4n) is 1.65. The molecular weight excluding hydrogens is 283 g/mol. The van der Waals surface area contributed by atoms with Crippen LogP contribution < -0.4 is 4.74 Å². The van der Waals surface area contributed by atoms with Gasteiger partial charge in [-0.05, 0) is 24.3 Å². The summed E-state index contributed by atoms with van der Waals surface area (Å²) in [7, 11) is 0. The van der Waals surface area contributed by atoms with E-state index in [1.807, 2.05) is 0 Å². The van der Waals surface area contributed by atoms with Crippen molar-refractivity contribution >= 4 is 23.7 Å². The predicted molar refractivity (Wildman–Crippen MR) is 73.1 cm³/mol. The van der Waals surface area contributed by atoms with Gasteiger partial charge in [-0.1, -0.05) is 23.7 Å². The number of Topliss-reactive ketones (excluding diaryl/α,β-unsaturated/α-hetero) is 1. The van der Waals surface area contributed by atoms with Crippen molar-refractivity contribution in [2.75, 3.05) is 6.61 Å². The van der Waals surface area contributed by atoms with Crippen molar-refractivity contribution in [3.63, 3.8) is 0 Å². The second-order valence-electron chi connectivity index (χ2n) is 4.03. The normalized spacial score (nSPS) is 10.1. The van der Waals surface area contributed by atoms with E-state index in [2.05, 4.69) is 0 Å². The Morgan fingerprint density at radius 2 is 2.00 bits per heavy atom. The number of hydrogen-bond donors (Lipinski definition) is 0. The van der Waals surface area contributed by atoms with Crippen LogP contribution in [-0.4, -0.2) is 18.7 Å². The SMILES string of the molecule is O=Cc1cc(F)cc(OCC(=O)c2ccccc2Cl)c1. The quantitative estimate of drug-likeness (QED) is 0.625. The van der Waals surface area contributed by atoms with Gasteiger partial charge < -0.3 is 4.74 Å². The number of carbonyl (C=O) groups excluding carboxylic acids is 2. The summed E-state index contributed by atoms with van der Waals surface area (Å²) in [4.78, 5) is 22.5. The minimum Gasteiger partial charge on any atom is -0.485 e. The van der Waals surface area contributed by atoms with Gasteiger partial charge in [0.2, 0.25) is 5.78 Å². The van der Waals surface area contributed by atoms with Crippen LogP contribution in [0.3, 0.4) is 0 Å². The lowest BCUT2D eigenvalue weighted by Crippen LogP contribution is -2.12. The molecule has 0 amide bonds. The number of carbonyl (C=O) groups is 2. The van der Waals surface area contributed by atoms with Crippen LogP contribution in [0.15, 0.2) is 42.5 Å². The molecule has 0 spiro atoms. The second kappa shape index (κ2) is 6.30. The molecule has 0 radical (unpaired) electrons. The summed E-state index contributed by atoms with van der Waals surface area (Å²) in [5, 5.41) is 0.328. The number of benzene rings is 2. The first kappa shape index (κ1) is 14.2. The molecule has 0 N–H and O–H groups in total. The van der Waals surface area contributed by atoms with Crippen molar-refractivity contribution < 1.29 is 18.7 Å². The van der Waals surface area contributed by atoms with Crippen LogP contribution in [0, 0.1) is 5.82 Å². The van der Waals surface area contributed by atoms with Gasteiger partial charge in [0.25, 0.3) is 0 Å². The van der Waals surface area contributed by atoms with Gasteiger partial charge in [0, 0.05) is 17.2 Å². The van der Waals surface area contributed by atoms with Crippen molar-refractivity contribution in [1.82, 2.24) is 0 Å². The first-order valence-corrected chi connectivity index (χ1v) is 6.14. The van der Waals surface area contributed by atoms with Crippen molar-refractivity contribution in [1.29, 1.82) is 0 Å². The molecule has 2 aromatic rings. The van der Waals surface area contributed by atoms with Crippen LogP contribution >= 0.6 is 11.6 Å². The van der Waals surface area contributed by atoms with Gasteiger partial charge in [0.15, 0.2) is 6.61 Å². The van der Waals surface area contributed by atoms with E-state index >= 15 is 0 Å². The molecule has 0 aliphatic rings. The number of hydrogen-bond acceptors (Lipinski definition) is 3. The maximum atomic E-state index is 13.2. The molecule has 0 aliphatic heterocycles. The lowest BCUT2D eigenvalue weighted by Gasteiger charge is -2.07. The van der Waals surface area contributed by atoms with E-state index in [-0.39, 0.29) is 23.7 Å². The third-order valence-corrected chi connectivity index (χ3v) is 2.90. The predicted octanol–water partition coefficient (Wildman–Crippen LogP) is 3.55. The van der Waals surface area contributed by atoms with Gasteiger partial charge in [-0.3, -0.25) is 9.59 Å². The first-order valence-electron chi connectivity index (χ1n) is 5.76. The monoisotopic (exact) mass is 292 g/mol. The maximum Gasteiger partial charge on any atom is 0.201 e. The molecule has 2 aromatic carbocycles. The molecular formula is C15H10ClFO3. The summed E-state index contributed by atoms with van der Waals surface area (Å²) in [6, 6.07) is 10.1. The summed E-state index contributed by atoms with van der Waals surface area (Å²) in [6.45, 7) is -0.286. The molecule has 0 aromatic heterocycles. The number of halogens is 2. The van der Waals surface area contributed by atoms with Gasteiger partial charge in [0.05, 0.1) is 5.02 Å². The summed E-state index contributed by atoms with van der Waals surface area (Å²) in [5.74, 6) is -0.810. The number of aldehydes is 1. The fourth-order valence-corrected chi connectivity index (χ4v) is 1.89. The lowest BCUT2D eigenvalue weighted by molar-refractivity contribution is 0.0921. The Hall–Kier alpha value is -2.20. The minimum absolute atomic E-state index is 0.118. The van der Waals surface area contributed by atoms with Gasteiger partial charge in [-0.25, -0.2) is 4.39 Å². The first-order chi connectivity index (χ1) is 9.60. The highest BCUT2D eigenvalue weighted by Crippen LogP contribution is 2.18. The Morgan fingerprint density at radius 1 is 1.25 bits per heavy atom. The van der Waals surface area contributed by atoms with Crippen LogP contribution in [0.5, 0.6) is 5.75 Å². The topological polar surface area (TPSA) is 43.4 Å². The zero-order valence-corrected chi connectivity index (χ0v) is 11.1. The molecule has 5 heteroatoms. The zero-order chi connectivity index (χ0) is 14.5. The molecule has 0 unspecified atom stereocenters. The molecule has 102 valence electrons. The highest BCUT2D eigenvalue weighted by Gasteiger charge is 2.11. The molecule has 0 saturated heterocycles. The lowest BCUT2D eigenvalue weighted by atomic mass is 10.1. The van der Waals surface area contributed by atoms with Gasteiger partial charge >= 0.3 is 0 Å². The summed E-state index contributed by atoms with van der Waals surface area (Å²) >= 11 is 5.89. The number of ketones is 1. The Bertz CT molecular complexity index is 655. The van der Waals surface area contributed by atoms with Crippen molar-refractivity contribution in [3.05, 3.63) is 64.4 Å². The average Bonchev–Trinajstić information content (AvgIpc) is 2.44. The van der Waals surface area contributed by atoms with Crippen molar-refractivity contribution in [2.24, 2.45) is 0 Å². The maximum absolute atomic E-state index is 13.2. The fraction of sp³-hybridized carbons (Fsp3) is 0.0667. The van der Waals surface area contributed by atoms with Crippen LogP contribution in [0.25, 0.3) is 0 Å². The van der Waals surface area contributed by atoms with Gasteiger partial charge in [0.1, 0.15) is 17.9 Å². The average molecular weight is 293 g/mol. The third kappa shape index (κ3) is 3.42. The Morgan fingerprint density at radius 3 is 2.70 bits per heavy atom. The second-order valence-corrected chi connectivity index (χ2v) is 4.44. The van der Waals surface area contributed by atoms with Crippen LogP contribution in [-0.2, 0) is 0 Å². The third-order valence-electron chi connectivity index (χ3n) is 2.57. The zero-order valence-electron chi connectivity index (χ0n) is 10.3. The van der Waals surface area contributed by atoms with Crippen LogP contribution in [0.4, 0.5) is 4.39 Å². The van der Waals surface area contributed by atoms with E-state index in [4.69, 9.17) is 16.3 Å². The van der Waals surface area contributed by atoms with E-state index in [1.165, 1.54) is 6.07 Å². The van der Waals surface area contributed by atoms with Crippen LogP contribution in [0.2, 0.25) is 5.02 Å². The van der Waals surface area contributed by atoms with E-state index in [0.29, 0.717) is 16.9 Å². The van der Waals surface area contributed by atoms with Crippen molar-refractivity contribution in [2.45, 2.75) is 0 Å². The number of rotatable bonds is 5. The highest BCUT2D eigenvalue weighted by molar-refractivity contribution is 6.34. The van der Waals surface area contributed by atoms with Crippen molar-refractivity contribution in [3.8, 4) is 5.75 Å².